The summed E-state index contributed by atoms with van der Waals surface area (Å²) < 4.78 is 17.6. The summed E-state index contributed by atoms with van der Waals surface area (Å²) in [5.74, 6) is -0.0633. The maximum Gasteiger partial charge on any atom is 0.340 e. The Morgan fingerprint density at radius 3 is 2.62 bits per heavy atom. The predicted octanol–water partition coefficient (Wildman–Crippen LogP) is 3.83. The van der Waals surface area contributed by atoms with E-state index in [2.05, 4.69) is 10.5 Å². The smallest absolute Gasteiger partial charge is 0.340 e. The number of nitrogens with one attached hydrogen (secondary N) is 1. The van der Waals surface area contributed by atoms with Gasteiger partial charge in [0.05, 0.1) is 24.1 Å². The first-order valence-corrected chi connectivity index (χ1v) is 9.28. The maximum atomic E-state index is 12.5. The van der Waals surface area contributed by atoms with Crippen LogP contribution in [-0.4, -0.2) is 28.2 Å². The summed E-state index contributed by atoms with van der Waals surface area (Å²) in [7, 11) is 0. The van der Waals surface area contributed by atoms with Crippen LogP contribution in [0.1, 0.15) is 54.0 Å². The molecule has 1 N–H and O–H groups in total. The first kappa shape index (κ1) is 20.4. The Bertz CT molecular complexity index is 1010. The second-order valence-electron chi connectivity index (χ2n) is 7.90. The first-order valence-electron chi connectivity index (χ1n) is 9.28. The normalized spacial score (nSPS) is 11.5. The minimum Gasteiger partial charge on any atom is -0.467 e. The van der Waals surface area contributed by atoms with Gasteiger partial charge in [-0.25, -0.2) is 4.79 Å². The molecule has 0 saturated carbocycles. The molecule has 0 aliphatic rings. The van der Waals surface area contributed by atoms with Crippen molar-refractivity contribution in [1.29, 1.82) is 0 Å². The first-order chi connectivity index (χ1) is 13.6. The van der Waals surface area contributed by atoms with Gasteiger partial charge in [0, 0.05) is 22.9 Å². The number of aromatic nitrogens is 2. The Kier molecular flexibility index (Phi) is 5.63. The van der Waals surface area contributed by atoms with Gasteiger partial charge in [-0.3, -0.25) is 10.1 Å². The van der Waals surface area contributed by atoms with E-state index in [1.807, 2.05) is 51.3 Å². The third-order valence-corrected chi connectivity index (χ3v) is 4.56. The molecule has 0 atom stereocenters. The zero-order valence-corrected chi connectivity index (χ0v) is 17.2. The average molecular weight is 399 g/mol. The Morgan fingerprint density at radius 1 is 1.24 bits per heavy atom. The van der Waals surface area contributed by atoms with Crippen molar-refractivity contribution in [1.82, 2.24) is 9.72 Å². The minimum atomic E-state index is -0.563. The quantitative estimate of drug-likeness (QED) is 0.633. The number of amides is 1. The average Bonchev–Trinajstić information content (AvgIpc) is 3.37. The van der Waals surface area contributed by atoms with E-state index in [1.54, 1.807) is 18.4 Å². The molecular formula is C21H25N3O5. The molecule has 0 aliphatic heterocycles. The van der Waals surface area contributed by atoms with E-state index in [0.717, 1.165) is 17.1 Å². The summed E-state index contributed by atoms with van der Waals surface area (Å²) in [5, 5.41) is 6.47. The lowest BCUT2D eigenvalue weighted by Crippen LogP contribution is -2.21. The topological polar surface area (TPSA) is 99.5 Å². The summed E-state index contributed by atoms with van der Waals surface area (Å²) in [6, 6.07) is 7.08. The molecule has 154 valence electrons. The molecule has 0 spiro atoms. The van der Waals surface area contributed by atoms with Gasteiger partial charge in [0.25, 0.3) is 5.91 Å². The van der Waals surface area contributed by atoms with Crippen LogP contribution in [0.25, 0.3) is 0 Å². The zero-order chi connectivity index (χ0) is 21.2. The molecule has 8 nitrogen and oxygen atoms in total. The maximum absolute atomic E-state index is 12.5. The van der Waals surface area contributed by atoms with Gasteiger partial charge < -0.3 is 18.2 Å². The molecular weight excluding hydrogens is 374 g/mol. The van der Waals surface area contributed by atoms with E-state index in [1.165, 1.54) is 0 Å². The van der Waals surface area contributed by atoms with Crippen LogP contribution in [0.2, 0.25) is 0 Å². The van der Waals surface area contributed by atoms with Gasteiger partial charge >= 0.3 is 5.97 Å². The van der Waals surface area contributed by atoms with E-state index < -0.39 is 18.5 Å². The fourth-order valence-corrected chi connectivity index (χ4v) is 2.88. The third-order valence-electron chi connectivity index (χ3n) is 4.56. The van der Waals surface area contributed by atoms with Crippen LogP contribution >= 0.6 is 0 Å². The van der Waals surface area contributed by atoms with E-state index in [4.69, 9.17) is 13.7 Å². The molecule has 29 heavy (non-hydrogen) atoms. The van der Waals surface area contributed by atoms with Gasteiger partial charge in [0.2, 0.25) is 5.88 Å². The third kappa shape index (κ3) is 4.77. The number of carbonyl (C=O) groups excluding carboxylic acids is 2. The van der Waals surface area contributed by atoms with Crippen LogP contribution in [0.4, 0.5) is 5.88 Å². The predicted molar refractivity (Wildman–Crippen MR) is 106 cm³/mol. The Hall–Kier alpha value is -3.29. The molecule has 8 heteroatoms. The van der Waals surface area contributed by atoms with E-state index in [-0.39, 0.29) is 11.3 Å². The van der Waals surface area contributed by atoms with Crippen LogP contribution in [-0.2, 0) is 21.5 Å². The summed E-state index contributed by atoms with van der Waals surface area (Å²) in [4.78, 5) is 24.5. The van der Waals surface area contributed by atoms with E-state index in [9.17, 15) is 9.59 Å². The van der Waals surface area contributed by atoms with Crippen molar-refractivity contribution in [2.75, 3.05) is 11.9 Å². The van der Waals surface area contributed by atoms with Gasteiger partial charge in [-0.2, -0.15) is 0 Å². The van der Waals surface area contributed by atoms with Crippen molar-refractivity contribution < 1.29 is 23.3 Å². The molecule has 1 amide bonds. The Morgan fingerprint density at radius 2 is 2.00 bits per heavy atom. The lowest BCUT2D eigenvalue weighted by molar-refractivity contribution is -0.119. The highest BCUT2D eigenvalue weighted by atomic mass is 16.5. The van der Waals surface area contributed by atoms with Crippen molar-refractivity contribution >= 4 is 17.8 Å². The van der Waals surface area contributed by atoms with E-state index in [0.29, 0.717) is 17.8 Å². The number of aryl methyl sites for hydroxylation is 1. The second kappa shape index (κ2) is 7.98. The zero-order valence-electron chi connectivity index (χ0n) is 17.2. The van der Waals surface area contributed by atoms with Crippen LogP contribution in [0, 0.1) is 13.8 Å². The number of esters is 1. The second-order valence-corrected chi connectivity index (χ2v) is 7.90. The van der Waals surface area contributed by atoms with Crippen molar-refractivity contribution in [3.63, 3.8) is 0 Å². The number of hydrogen-bond donors (Lipinski definition) is 1. The summed E-state index contributed by atoms with van der Waals surface area (Å²) in [5.41, 5.74) is 2.57. The fourth-order valence-electron chi connectivity index (χ4n) is 2.88. The molecule has 3 aromatic heterocycles. The summed E-state index contributed by atoms with van der Waals surface area (Å²) in [6.45, 7) is 9.78. The number of hydrogen-bond acceptors (Lipinski definition) is 6. The number of ether oxygens (including phenoxy) is 1. The van der Waals surface area contributed by atoms with Gasteiger partial charge in [0.15, 0.2) is 6.61 Å². The van der Waals surface area contributed by atoms with Crippen molar-refractivity contribution in [3.05, 3.63) is 58.9 Å². The van der Waals surface area contributed by atoms with Gasteiger partial charge in [-0.1, -0.05) is 25.9 Å². The van der Waals surface area contributed by atoms with Gasteiger partial charge in [-0.05, 0) is 32.0 Å². The molecule has 0 bridgehead atoms. The molecule has 0 saturated heterocycles. The highest BCUT2D eigenvalue weighted by Crippen LogP contribution is 2.23. The van der Waals surface area contributed by atoms with E-state index >= 15 is 0 Å². The fraction of sp³-hybridized carbons (Fsp3) is 0.381. The standard InChI is InChI=1S/C21H25N3O5/c1-13-9-16(14(2)24(13)11-15-7-6-8-27-15)20(26)28-12-18(25)22-19-10-17(23-29-19)21(3,4)5/h6-10H,11-12H2,1-5H3,(H,22,25). The molecule has 0 aromatic carbocycles. The monoisotopic (exact) mass is 399 g/mol. The molecule has 0 radical (unpaired) electrons. The Balaban J connectivity index is 1.59. The number of nitrogens with zero attached hydrogens (tertiary/aromatic N) is 2. The number of carbonyl (C=O) groups is 2. The number of rotatable bonds is 6. The highest BCUT2D eigenvalue weighted by molar-refractivity contribution is 5.95. The molecule has 0 fully saturated rings. The van der Waals surface area contributed by atoms with Crippen LogP contribution in [0.3, 0.4) is 0 Å². The summed E-state index contributed by atoms with van der Waals surface area (Å²) in [6.07, 6.45) is 1.61. The molecule has 0 aliphatic carbocycles. The van der Waals surface area contributed by atoms with Crippen LogP contribution in [0.5, 0.6) is 0 Å². The lowest BCUT2D eigenvalue weighted by Gasteiger charge is -2.12. The summed E-state index contributed by atoms with van der Waals surface area (Å²) >= 11 is 0. The largest absolute Gasteiger partial charge is 0.467 e. The SMILES string of the molecule is Cc1cc(C(=O)OCC(=O)Nc2cc(C(C)(C)C)no2)c(C)n1Cc1ccco1. The van der Waals surface area contributed by atoms with Crippen molar-refractivity contribution in [3.8, 4) is 0 Å². The molecule has 3 aromatic rings. The number of furan rings is 1. The molecule has 0 unspecified atom stereocenters. The van der Waals surface area contributed by atoms with Crippen LogP contribution in [0.15, 0.2) is 39.5 Å². The lowest BCUT2D eigenvalue weighted by atomic mass is 9.92. The van der Waals surface area contributed by atoms with Gasteiger partial charge in [0.1, 0.15) is 5.76 Å². The van der Waals surface area contributed by atoms with Crippen LogP contribution < -0.4 is 5.32 Å². The minimum absolute atomic E-state index is 0.197. The highest BCUT2D eigenvalue weighted by Gasteiger charge is 2.21. The van der Waals surface area contributed by atoms with Gasteiger partial charge in [-0.15, -0.1) is 0 Å². The molecule has 3 heterocycles. The molecule has 3 rings (SSSR count). The van der Waals surface area contributed by atoms with Crippen molar-refractivity contribution in [2.45, 2.75) is 46.6 Å². The number of anilines is 1. The Labute approximate surface area is 168 Å². The van der Waals surface area contributed by atoms with Crippen molar-refractivity contribution in [2.24, 2.45) is 0 Å².